The van der Waals surface area contributed by atoms with Crippen LogP contribution in [0.2, 0.25) is 0 Å². The van der Waals surface area contributed by atoms with Gasteiger partial charge in [-0.2, -0.15) is 0 Å². The zero-order valence-corrected chi connectivity index (χ0v) is 19.8. The van der Waals surface area contributed by atoms with Gasteiger partial charge in [0.05, 0.1) is 7.11 Å². The third-order valence-corrected chi connectivity index (χ3v) is 5.70. The maximum atomic E-state index is 5.46. The van der Waals surface area contributed by atoms with E-state index in [0.29, 0.717) is 12.6 Å². The molecule has 1 aromatic heterocycles. The number of aromatic nitrogens is 3. The van der Waals surface area contributed by atoms with Crippen LogP contribution in [0.1, 0.15) is 37.8 Å². The first-order valence-corrected chi connectivity index (χ1v) is 11.5. The Morgan fingerprint density at radius 2 is 2.19 bits per heavy atom. The molecule has 2 N–H and O–H groups in total. The summed E-state index contributed by atoms with van der Waals surface area (Å²) in [6.45, 7) is 8.68. The average molecular weight is 444 g/mol. The van der Waals surface area contributed by atoms with Crippen LogP contribution in [0.15, 0.2) is 29.3 Å². The fourth-order valence-electron chi connectivity index (χ4n) is 3.75. The number of methoxy groups -OCH3 is 1. The Hall–Kier alpha value is -2.81. The fourth-order valence-corrected chi connectivity index (χ4v) is 3.75. The second-order valence-electron chi connectivity index (χ2n) is 8.00. The van der Waals surface area contributed by atoms with Crippen LogP contribution in [-0.4, -0.2) is 66.7 Å². The van der Waals surface area contributed by atoms with Crippen LogP contribution >= 0.6 is 0 Å². The number of rotatable bonds is 10. The molecule has 0 spiro atoms. The number of ether oxygens (including phenoxy) is 2. The van der Waals surface area contributed by atoms with Gasteiger partial charge in [0.2, 0.25) is 0 Å². The molecule has 2 aromatic rings. The molecule has 0 radical (unpaired) electrons. The van der Waals surface area contributed by atoms with Gasteiger partial charge in [-0.05, 0) is 45.2 Å². The summed E-state index contributed by atoms with van der Waals surface area (Å²) in [7, 11) is 3.67. The summed E-state index contributed by atoms with van der Waals surface area (Å²) < 4.78 is 12.8. The molecule has 1 saturated heterocycles. The highest BCUT2D eigenvalue weighted by Crippen LogP contribution is 2.24. The number of piperidine rings is 1. The van der Waals surface area contributed by atoms with Crippen molar-refractivity contribution in [1.82, 2.24) is 25.4 Å². The van der Waals surface area contributed by atoms with E-state index in [2.05, 4.69) is 37.9 Å². The van der Waals surface area contributed by atoms with Crippen molar-refractivity contribution in [3.05, 3.63) is 35.9 Å². The Labute approximate surface area is 191 Å². The number of guanidine groups is 1. The number of hydrogen-bond acceptors (Lipinski definition) is 6. The number of anilines is 1. The number of hydrogen-bond donors (Lipinski definition) is 2. The van der Waals surface area contributed by atoms with E-state index in [4.69, 9.17) is 14.5 Å². The smallest absolute Gasteiger partial charge is 0.191 e. The van der Waals surface area contributed by atoms with E-state index in [-0.39, 0.29) is 0 Å². The monoisotopic (exact) mass is 443 g/mol. The number of aliphatic imine (C=N–C) groups is 1. The van der Waals surface area contributed by atoms with Gasteiger partial charge in [-0.15, -0.1) is 10.2 Å². The van der Waals surface area contributed by atoms with Crippen molar-refractivity contribution in [2.24, 2.45) is 12.0 Å². The van der Waals surface area contributed by atoms with Crippen LogP contribution in [0.5, 0.6) is 5.75 Å². The fraction of sp³-hybridized carbons (Fsp3) is 0.609. The van der Waals surface area contributed by atoms with E-state index in [1.54, 1.807) is 7.11 Å². The Balaban J connectivity index is 1.63. The molecule has 1 aliphatic heterocycles. The lowest BCUT2D eigenvalue weighted by Gasteiger charge is -2.35. The molecule has 9 nitrogen and oxygen atoms in total. The molecule has 0 bridgehead atoms. The summed E-state index contributed by atoms with van der Waals surface area (Å²) in [4.78, 5) is 7.20. The topological polar surface area (TPSA) is 88.8 Å². The van der Waals surface area contributed by atoms with Crippen molar-refractivity contribution in [3.8, 4) is 5.75 Å². The maximum Gasteiger partial charge on any atom is 0.191 e. The molecular formula is C23H37N7O2. The largest absolute Gasteiger partial charge is 0.497 e. The summed E-state index contributed by atoms with van der Waals surface area (Å²) in [5, 5.41) is 15.5. The minimum atomic E-state index is 0.300. The Bertz CT molecular complexity index is 868. The van der Waals surface area contributed by atoms with E-state index < -0.39 is 0 Å². The van der Waals surface area contributed by atoms with Crippen LogP contribution in [0.25, 0.3) is 0 Å². The Morgan fingerprint density at radius 3 is 2.94 bits per heavy atom. The Morgan fingerprint density at radius 1 is 1.31 bits per heavy atom. The Kier molecular flexibility index (Phi) is 9.15. The lowest BCUT2D eigenvalue weighted by molar-refractivity contribution is 0.145. The summed E-state index contributed by atoms with van der Waals surface area (Å²) in [6.07, 6.45) is 3.15. The minimum absolute atomic E-state index is 0.300. The van der Waals surface area contributed by atoms with Gasteiger partial charge < -0.3 is 29.6 Å². The zero-order chi connectivity index (χ0) is 22.8. The first-order chi connectivity index (χ1) is 15.6. The van der Waals surface area contributed by atoms with Gasteiger partial charge in [-0.3, -0.25) is 0 Å². The van der Waals surface area contributed by atoms with Gasteiger partial charge in [0.25, 0.3) is 0 Å². The number of nitrogens with zero attached hydrogens (tertiary/aromatic N) is 5. The highest BCUT2D eigenvalue weighted by Gasteiger charge is 2.21. The molecule has 1 unspecified atom stereocenters. The summed E-state index contributed by atoms with van der Waals surface area (Å²) in [5.41, 5.74) is 1.19. The summed E-state index contributed by atoms with van der Waals surface area (Å²) >= 11 is 0. The van der Waals surface area contributed by atoms with E-state index in [1.165, 1.54) is 5.69 Å². The van der Waals surface area contributed by atoms with E-state index in [1.807, 2.05) is 37.6 Å². The molecule has 0 saturated carbocycles. The maximum absolute atomic E-state index is 5.46. The van der Waals surface area contributed by atoms with Crippen molar-refractivity contribution in [1.29, 1.82) is 0 Å². The molecule has 2 heterocycles. The first-order valence-electron chi connectivity index (χ1n) is 11.5. The van der Waals surface area contributed by atoms with Gasteiger partial charge in [0.1, 0.15) is 18.1 Å². The zero-order valence-electron chi connectivity index (χ0n) is 19.8. The lowest BCUT2D eigenvalue weighted by Crippen LogP contribution is -2.51. The molecule has 1 aliphatic rings. The highest BCUT2D eigenvalue weighted by atomic mass is 16.5. The second kappa shape index (κ2) is 12.3. The molecule has 0 amide bonds. The first kappa shape index (κ1) is 23.8. The molecule has 1 fully saturated rings. The molecule has 0 aliphatic carbocycles. The predicted molar refractivity (Wildman–Crippen MR) is 127 cm³/mol. The highest BCUT2D eigenvalue weighted by molar-refractivity contribution is 5.80. The van der Waals surface area contributed by atoms with Crippen molar-refractivity contribution in [2.45, 2.75) is 45.7 Å². The van der Waals surface area contributed by atoms with Gasteiger partial charge in [0.15, 0.2) is 11.8 Å². The molecular weight excluding hydrogens is 406 g/mol. The number of nitrogens with one attached hydrogen (secondary N) is 2. The molecule has 1 aromatic carbocycles. The normalized spacial score (nSPS) is 16.8. The minimum Gasteiger partial charge on any atom is -0.497 e. The lowest BCUT2D eigenvalue weighted by atomic mass is 10.0. The van der Waals surface area contributed by atoms with Crippen molar-refractivity contribution < 1.29 is 9.47 Å². The van der Waals surface area contributed by atoms with Gasteiger partial charge in [-0.25, -0.2) is 4.99 Å². The van der Waals surface area contributed by atoms with Crippen molar-refractivity contribution in [3.63, 3.8) is 0 Å². The van der Waals surface area contributed by atoms with Crippen LogP contribution in [0, 0.1) is 6.92 Å². The van der Waals surface area contributed by atoms with Crippen LogP contribution < -0.4 is 20.3 Å². The summed E-state index contributed by atoms with van der Waals surface area (Å²) in [5.74, 6) is 3.42. The number of aryl methyl sites for hydroxylation is 1. The standard InChI is InChI=1S/C23H37N7O2/c1-5-32-14-8-12-24-23(25-16-22-28-27-18(2)29(22)3)26-19-9-7-13-30(17-19)20-10-6-11-21(15-20)31-4/h6,10-11,15,19H,5,7-9,12-14,16-17H2,1-4H3,(H2,24,25,26). The van der Waals surface area contributed by atoms with E-state index in [9.17, 15) is 0 Å². The third kappa shape index (κ3) is 6.85. The van der Waals surface area contributed by atoms with Gasteiger partial charge in [0, 0.05) is 57.7 Å². The van der Waals surface area contributed by atoms with E-state index in [0.717, 1.165) is 75.5 Å². The van der Waals surface area contributed by atoms with Crippen molar-refractivity contribution in [2.75, 3.05) is 44.9 Å². The van der Waals surface area contributed by atoms with Gasteiger partial charge >= 0.3 is 0 Å². The predicted octanol–water partition coefficient (Wildman–Crippen LogP) is 2.26. The molecule has 9 heteroatoms. The third-order valence-electron chi connectivity index (χ3n) is 5.70. The molecule has 176 valence electrons. The van der Waals surface area contributed by atoms with Crippen LogP contribution in [0.3, 0.4) is 0 Å². The second-order valence-corrected chi connectivity index (χ2v) is 8.00. The van der Waals surface area contributed by atoms with E-state index >= 15 is 0 Å². The van der Waals surface area contributed by atoms with Crippen molar-refractivity contribution >= 4 is 11.6 Å². The molecule has 1 atom stereocenters. The van der Waals surface area contributed by atoms with Gasteiger partial charge in [-0.1, -0.05) is 6.07 Å². The van der Waals surface area contributed by atoms with Crippen LogP contribution in [-0.2, 0) is 18.3 Å². The quantitative estimate of drug-likeness (QED) is 0.331. The number of benzene rings is 1. The van der Waals surface area contributed by atoms with Crippen LogP contribution in [0.4, 0.5) is 5.69 Å². The average Bonchev–Trinajstić information content (AvgIpc) is 3.14. The summed E-state index contributed by atoms with van der Waals surface area (Å²) in [6, 6.07) is 8.56. The molecule has 32 heavy (non-hydrogen) atoms. The SMILES string of the molecule is CCOCCCNC(=NCc1nnc(C)n1C)NC1CCCN(c2cccc(OC)c2)C1. The molecule has 3 rings (SSSR count).